The van der Waals surface area contributed by atoms with E-state index in [9.17, 15) is 9.90 Å². The lowest BCUT2D eigenvalue weighted by Crippen LogP contribution is -2.41. The number of likely N-dealkylation sites (tertiary alicyclic amines) is 1. The van der Waals surface area contributed by atoms with E-state index in [2.05, 4.69) is 4.90 Å². The quantitative estimate of drug-likeness (QED) is 0.765. The average molecular weight is 257 g/mol. The highest BCUT2D eigenvalue weighted by molar-refractivity contribution is 5.71. The van der Waals surface area contributed by atoms with E-state index in [0.717, 1.165) is 25.8 Å². The van der Waals surface area contributed by atoms with Crippen LogP contribution in [0.15, 0.2) is 0 Å². The number of hydrogen-bond acceptors (Lipinski definition) is 4. The van der Waals surface area contributed by atoms with Gasteiger partial charge in [0.1, 0.15) is 0 Å². The summed E-state index contributed by atoms with van der Waals surface area (Å²) >= 11 is 0. The van der Waals surface area contributed by atoms with Gasteiger partial charge in [0.2, 0.25) is 0 Å². The Labute approximate surface area is 110 Å². The molecule has 0 amide bonds. The van der Waals surface area contributed by atoms with Crippen LogP contribution < -0.4 is 0 Å². The van der Waals surface area contributed by atoms with Crippen LogP contribution in [-0.2, 0) is 9.53 Å². The van der Waals surface area contributed by atoms with Gasteiger partial charge >= 0.3 is 5.97 Å². The third kappa shape index (κ3) is 5.83. The van der Waals surface area contributed by atoms with Gasteiger partial charge in [0.15, 0.2) is 0 Å². The minimum atomic E-state index is -0.309. The number of hydrogen-bond donors (Lipinski definition) is 1. The van der Waals surface area contributed by atoms with Crippen LogP contribution in [0.4, 0.5) is 0 Å². The zero-order chi connectivity index (χ0) is 13.5. The minimum absolute atomic E-state index is 0.0558. The summed E-state index contributed by atoms with van der Waals surface area (Å²) in [7, 11) is 0. The Bertz CT molecular complexity index is 253. The molecule has 106 valence electrons. The predicted molar refractivity (Wildman–Crippen MR) is 71.4 cm³/mol. The van der Waals surface area contributed by atoms with Crippen molar-refractivity contribution in [3.63, 3.8) is 0 Å². The van der Waals surface area contributed by atoms with Crippen molar-refractivity contribution in [2.24, 2.45) is 0 Å². The Hall–Kier alpha value is -0.610. The van der Waals surface area contributed by atoms with Crippen LogP contribution in [-0.4, -0.2) is 47.3 Å². The third-order valence-corrected chi connectivity index (χ3v) is 3.31. The molecule has 1 fully saturated rings. The van der Waals surface area contributed by atoms with Crippen molar-refractivity contribution in [1.82, 2.24) is 4.90 Å². The zero-order valence-corrected chi connectivity index (χ0v) is 11.9. The first kappa shape index (κ1) is 15.4. The summed E-state index contributed by atoms with van der Waals surface area (Å²) in [6, 6.07) is 0.312. The Morgan fingerprint density at radius 1 is 1.33 bits per heavy atom. The van der Waals surface area contributed by atoms with E-state index in [1.807, 2.05) is 20.8 Å². The van der Waals surface area contributed by atoms with Crippen LogP contribution in [0.3, 0.4) is 0 Å². The number of esters is 1. The first-order valence-electron chi connectivity index (χ1n) is 7.10. The molecule has 0 radical (unpaired) electrons. The maximum atomic E-state index is 11.7. The molecule has 1 saturated heterocycles. The van der Waals surface area contributed by atoms with Gasteiger partial charge in [-0.1, -0.05) is 12.8 Å². The van der Waals surface area contributed by atoms with Crippen LogP contribution in [0.25, 0.3) is 0 Å². The summed E-state index contributed by atoms with van der Waals surface area (Å²) < 4.78 is 5.20. The molecule has 0 aromatic rings. The highest BCUT2D eigenvalue weighted by atomic mass is 16.5. The Kier molecular flexibility index (Phi) is 6.65. The van der Waals surface area contributed by atoms with E-state index in [1.165, 1.54) is 12.8 Å². The summed E-state index contributed by atoms with van der Waals surface area (Å²) in [5.74, 6) is -0.150. The van der Waals surface area contributed by atoms with Crippen LogP contribution in [0.1, 0.15) is 52.9 Å². The molecule has 1 aliphatic rings. The van der Waals surface area contributed by atoms with Crippen molar-refractivity contribution < 1.29 is 14.6 Å². The van der Waals surface area contributed by atoms with Crippen molar-refractivity contribution in [1.29, 1.82) is 0 Å². The average Bonchev–Trinajstić information content (AvgIpc) is 2.42. The fourth-order valence-corrected chi connectivity index (χ4v) is 2.57. The highest BCUT2D eigenvalue weighted by Crippen LogP contribution is 2.20. The van der Waals surface area contributed by atoms with Gasteiger partial charge < -0.3 is 9.84 Å². The Morgan fingerprint density at radius 2 is 2.06 bits per heavy atom. The summed E-state index contributed by atoms with van der Waals surface area (Å²) in [4.78, 5) is 13.9. The molecule has 4 nitrogen and oxygen atoms in total. The number of carbonyl (C=O) groups excluding carboxylic acids is 1. The van der Waals surface area contributed by atoms with E-state index in [1.54, 1.807) is 0 Å². The monoisotopic (exact) mass is 257 g/mol. The Morgan fingerprint density at radius 3 is 2.67 bits per heavy atom. The van der Waals surface area contributed by atoms with Crippen molar-refractivity contribution in [2.45, 2.75) is 71.1 Å². The van der Waals surface area contributed by atoms with Crippen molar-refractivity contribution in [3.8, 4) is 0 Å². The second-order valence-electron chi connectivity index (χ2n) is 5.60. The molecule has 18 heavy (non-hydrogen) atoms. The lowest BCUT2D eigenvalue weighted by atomic mass is 10.0. The minimum Gasteiger partial charge on any atom is -0.462 e. The van der Waals surface area contributed by atoms with Crippen molar-refractivity contribution in [3.05, 3.63) is 0 Å². The second-order valence-corrected chi connectivity index (χ2v) is 5.60. The van der Waals surface area contributed by atoms with Gasteiger partial charge in [-0.25, -0.2) is 0 Å². The first-order chi connectivity index (χ1) is 8.49. The van der Waals surface area contributed by atoms with E-state index in [-0.39, 0.29) is 18.2 Å². The molecular formula is C14H27NO3. The molecule has 0 spiro atoms. The SMILES string of the molecule is CC(O)CC1CCCCCN1CC(=O)OC(C)C. The van der Waals surface area contributed by atoms with Crippen LogP contribution in [0.5, 0.6) is 0 Å². The molecular weight excluding hydrogens is 230 g/mol. The molecule has 4 heteroatoms. The largest absolute Gasteiger partial charge is 0.462 e. The Balaban J connectivity index is 2.53. The molecule has 1 aliphatic heterocycles. The zero-order valence-electron chi connectivity index (χ0n) is 11.9. The molecule has 0 bridgehead atoms. The topological polar surface area (TPSA) is 49.8 Å². The molecule has 1 N–H and O–H groups in total. The standard InChI is InChI=1S/C14H27NO3/c1-11(2)18-14(17)10-15-8-6-4-5-7-13(15)9-12(3)16/h11-13,16H,4-10H2,1-3H3. The summed E-state index contributed by atoms with van der Waals surface area (Å²) in [5, 5.41) is 9.55. The molecule has 1 rings (SSSR count). The molecule has 0 aromatic carbocycles. The van der Waals surface area contributed by atoms with Gasteiger partial charge in [0.05, 0.1) is 18.8 Å². The molecule has 0 saturated carbocycles. The van der Waals surface area contributed by atoms with Gasteiger partial charge in [-0.05, 0) is 46.6 Å². The molecule has 2 unspecified atom stereocenters. The molecule has 2 atom stereocenters. The van der Waals surface area contributed by atoms with Gasteiger partial charge in [-0.3, -0.25) is 9.69 Å². The predicted octanol–water partition coefficient (Wildman–Crippen LogP) is 1.95. The number of nitrogens with zero attached hydrogens (tertiary/aromatic N) is 1. The highest BCUT2D eigenvalue weighted by Gasteiger charge is 2.24. The lowest BCUT2D eigenvalue weighted by molar-refractivity contribution is -0.149. The van der Waals surface area contributed by atoms with E-state index < -0.39 is 0 Å². The lowest BCUT2D eigenvalue weighted by Gasteiger charge is -2.30. The normalized spacial score (nSPS) is 23.7. The van der Waals surface area contributed by atoms with E-state index in [4.69, 9.17) is 4.74 Å². The van der Waals surface area contributed by atoms with Crippen LogP contribution >= 0.6 is 0 Å². The fourth-order valence-electron chi connectivity index (χ4n) is 2.57. The smallest absolute Gasteiger partial charge is 0.320 e. The summed E-state index contributed by atoms with van der Waals surface area (Å²) in [5.41, 5.74) is 0. The van der Waals surface area contributed by atoms with Gasteiger partial charge in [-0.2, -0.15) is 0 Å². The molecule has 1 heterocycles. The van der Waals surface area contributed by atoms with E-state index in [0.29, 0.717) is 12.6 Å². The number of ether oxygens (including phenoxy) is 1. The maximum Gasteiger partial charge on any atom is 0.320 e. The third-order valence-electron chi connectivity index (χ3n) is 3.31. The van der Waals surface area contributed by atoms with Gasteiger partial charge in [0.25, 0.3) is 0 Å². The number of aliphatic hydroxyl groups is 1. The van der Waals surface area contributed by atoms with Crippen LogP contribution in [0, 0.1) is 0 Å². The summed E-state index contributed by atoms with van der Waals surface area (Å²) in [6.07, 6.45) is 4.98. The molecule has 0 aromatic heterocycles. The van der Waals surface area contributed by atoms with Crippen LogP contribution in [0.2, 0.25) is 0 Å². The van der Waals surface area contributed by atoms with Crippen molar-refractivity contribution in [2.75, 3.05) is 13.1 Å². The summed E-state index contributed by atoms with van der Waals surface area (Å²) in [6.45, 7) is 6.84. The maximum absolute atomic E-state index is 11.7. The van der Waals surface area contributed by atoms with Crippen molar-refractivity contribution >= 4 is 5.97 Å². The second kappa shape index (κ2) is 7.74. The van der Waals surface area contributed by atoms with E-state index >= 15 is 0 Å². The number of aliphatic hydroxyl groups excluding tert-OH is 1. The number of carbonyl (C=O) groups is 1. The number of rotatable bonds is 5. The van der Waals surface area contributed by atoms with Gasteiger partial charge in [0, 0.05) is 6.04 Å². The fraction of sp³-hybridized carbons (Fsp3) is 0.929. The first-order valence-corrected chi connectivity index (χ1v) is 7.10. The molecule has 0 aliphatic carbocycles. The van der Waals surface area contributed by atoms with Gasteiger partial charge in [-0.15, -0.1) is 0 Å².